The number of hydrogen-bond acceptors (Lipinski definition) is 4. The molecule has 0 aliphatic carbocycles. The van der Waals surface area contributed by atoms with E-state index < -0.39 is 0 Å². The molecule has 0 spiro atoms. The van der Waals surface area contributed by atoms with E-state index in [4.69, 9.17) is 0 Å². The number of allylic oxidation sites excluding steroid dienone is 1. The number of carbonyl (C=O) groups excluding carboxylic acids is 1. The van der Waals surface area contributed by atoms with Gasteiger partial charge in [-0.1, -0.05) is 48.7 Å². The largest absolute Gasteiger partial charge is 0.287 e. The number of benzene rings is 1. The lowest BCUT2D eigenvalue weighted by molar-refractivity contribution is -0.110. The molecule has 2 rings (SSSR count). The lowest BCUT2D eigenvalue weighted by Gasteiger charge is -2.10. The Morgan fingerprint density at radius 2 is 1.94 bits per heavy atom. The van der Waals surface area contributed by atoms with Crippen LogP contribution in [0.2, 0.25) is 0 Å². The fraction of sp³-hybridized carbons (Fsp3) is 0.308. The second-order valence-electron chi connectivity index (χ2n) is 3.81. The van der Waals surface area contributed by atoms with Gasteiger partial charge in [0.25, 0.3) is 0 Å². The van der Waals surface area contributed by atoms with Gasteiger partial charge < -0.3 is 0 Å². The fourth-order valence-electron chi connectivity index (χ4n) is 1.48. The molecular weight excluding hydrogens is 299 g/mol. The Kier molecular flexibility index (Phi) is 6.16. The minimum Gasteiger partial charge on any atom is -0.287 e. The van der Waals surface area contributed by atoms with Gasteiger partial charge in [-0.15, -0.1) is 22.8 Å². The van der Waals surface area contributed by atoms with E-state index >= 15 is 0 Å². The fourth-order valence-corrected chi connectivity index (χ4v) is 10.1. The number of carbonyl (C=O) groups is 1. The van der Waals surface area contributed by atoms with Gasteiger partial charge in [0.2, 0.25) is 0 Å². The van der Waals surface area contributed by atoms with Crippen LogP contribution in [-0.2, 0) is 10.5 Å². The van der Waals surface area contributed by atoms with Crippen LogP contribution in [0.1, 0.15) is 12.0 Å². The van der Waals surface area contributed by atoms with Gasteiger partial charge in [-0.2, -0.15) is 0 Å². The summed E-state index contributed by atoms with van der Waals surface area (Å²) in [6, 6.07) is 10.1. The van der Waals surface area contributed by atoms with Crippen LogP contribution in [0.4, 0.5) is 0 Å². The Morgan fingerprint density at radius 1 is 1.28 bits per heavy atom. The molecule has 1 fully saturated rings. The van der Waals surface area contributed by atoms with Gasteiger partial charge in [-0.3, -0.25) is 4.79 Å². The van der Waals surface area contributed by atoms with Crippen molar-refractivity contribution in [2.45, 2.75) is 12.2 Å². The zero-order chi connectivity index (χ0) is 12.8. The average Bonchev–Trinajstić information content (AvgIpc) is 2.91. The highest BCUT2D eigenvalue weighted by Gasteiger charge is 2.21. The first-order valence-electron chi connectivity index (χ1n) is 5.69. The average molecular weight is 314 g/mol. The van der Waals surface area contributed by atoms with Crippen LogP contribution in [0, 0.1) is 0 Å². The third kappa shape index (κ3) is 4.65. The highest BCUT2D eigenvalue weighted by Crippen LogP contribution is 2.71. The standard InChI is InChI=1S/C13H15OPS3/c1-11(15-17-7-8-18-15)9-13(14)16-10-12-5-3-2-4-6-12/h2-6H,1,7-10H2. The zero-order valence-corrected chi connectivity index (χ0v) is 13.3. The topological polar surface area (TPSA) is 17.1 Å². The van der Waals surface area contributed by atoms with Crippen LogP contribution in [0.5, 0.6) is 0 Å². The van der Waals surface area contributed by atoms with Crippen molar-refractivity contribution in [3.05, 3.63) is 47.8 Å². The Bertz CT molecular complexity index is 416. The quantitative estimate of drug-likeness (QED) is 0.699. The maximum atomic E-state index is 11.9. The smallest absolute Gasteiger partial charge is 0.193 e. The number of rotatable bonds is 5. The minimum absolute atomic E-state index is 0.199. The van der Waals surface area contributed by atoms with E-state index in [2.05, 4.69) is 18.7 Å². The number of hydrogen-bond donors (Lipinski definition) is 0. The van der Waals surface area contributed by atoms with Crippen LogP contribution in [0.15, 0.2) is 42.2 Å². The van der Waals surface area contributed by atoms with Crippen molar-refractivity contribution < 1.29 is 4.79 Å². The van der Waals surface area contributed by atoms with Crippen LogP contribution >= 0.6 is 40.9 Å². The third-order valence-electron chi connectivity index (χ3n) is 2.35. The predicted octanol–water partition coefficient (Wildman–Crippen LogP) is 5.14. The summed E-state index contributed by atoms with van der Waals surface area (Å²) < 4.78 is 0. The van der Waals surface area contributed by atoms with Gasteiger partial charge in [-0.25, -0.2) is 0 Å². The molecule has 0 N–H and O–H groups in total. The molecule has 5 heteroatoms. The summed E-state index contributed by atoms with van der Waals surface area (Å²) in [5.41, 5.74) is 1.21. The SMILES string of the molecule is C=C(CC(=O)SCc1ccccc1)P1SCCS1. The lowest BCUT2D eigenvalue weighted by Crippen LogP contribution is -1.93. The molecule has 1 heterocycles. The van der Waals surface area contributed by atoms with Crippen LogP contribution in [0.25, 0.3) is 0 Å². The summed E-state index contributed by atoms with van der Waals surface area (Å²) in [5.74, 6) is 3.19. The zero-order valence-electron chi connectivity index (χ0n) is 10.0. The van der Waals surface area contributed by atoms with E-state index in [-0.39, 0.29) is 11.4 Å². The van der Waals surface area contributed by atoms with E-state index in [1.807, 2.05) is 41.0 Å². The maximum Gasteiger partial charge on any atom is 0.193 e. The molecule has 0 saturated carbocycles. The molecular formula is C13H15OPS3. The van der Waals surface area contributed by atoms with Crippen molar-refractivity contribution in [2.24, 2.45) is 0 Å². The van der Waals surface area contributed by atoms with Crippen LogP contribution in [-0.4, -0.2) is 16.6 Å². The lowest BCUT2D eigenvalue weighted by atomic mass is 10.2. The molecule has 0 atom stereocenters. The van der Waals surface area contributed by atoms with Gasteiger partial charge in [0.15, 0.2) is 5.12 Å². The molecule has 0 radical (unpaired) electrons. The normalized spacial score (nSPS) is 15.8. The van der Waals surface area contributed by atoms with Crippen molar-refractivity contribution in [2.75, 3.05) is 11.5 Å². The molecule has 96 valence electrons. The summed E-state index contributed by atoms with van der Waals surface area (Å²) >= 11 is 5.36. The van der Waals surface area contributed by atoms with Gasteiger partial charge >= 0.3 is 0 Å². The second kappa shape index (κ2) is 7.64. The Balaban J connectivity index is 1.73. The van der Waals surface area contributed by atoms with Crippen molar-refractivity contribution in [1.82, 2.24) is 0 Å². The van der Waals surface area contributed by atoms with Gasteiger partial charge in [0.05, 0.1) is 0 Å². The highest BCUT2D eigenvalue weighted by atomic mass is 33.1. The van der Waals surface area contributed by atoms with Crippen molar-refractivity contribution in [3.8, 4) is 0 Å². The molecule has 1 nitrogen and oxygen atoms in total. The van der Waals surface area contributed by atoms with E-state index in [0.717, 1.165) is 11.1 Å². The summed E-state index contributed by atoms with van der Waals surface area (Å²) in [4.78, 5) is 11.9. The van der Waals surface area contributed by atoms with Gasteiger partial charge in [-0.05, 0) is 10.9 Å². The maximum absolute atomic E-state index is 11.9. The summed E-state index contributed by atoms with van der Waals surface area (Å²) in [5, 5.41) is 1.39. The van der Waals surface area contributed by atoms with E-state index in [1.165, 1.54) is 28.8 Å². The predicted molar refractivity (Wildman–Crippen MR) is 88.3 cm³/mol. The van der Waals surface area contributed by atoms with Crippen molar-refractivity contribution >= 4 is 46.0 Å². The van der Waals surface area contributed by atoms with E-state index in [0.29, 0.717) is 6.42 Å². The summed E-state index contributed by atoms with van der Waals surface area (Å²) in [6.45, 7) is 4.08. The van der Waals surface area contributed by atoms with Crippen LogP contribution in [0.3, 0.4) is 0 Å². The van der Waals surface area contributed by atoms with E-state index in [9.17, 15) is 4.79 Å². The van der Waals surface area contributed by atoms with Gasteiger partial charge in [0.1, 0.15) is 0 Å². The molecule has 18 heavy (non-hydrogen) atoms. The van der Waals surface area contributed by atoms with Crippen LogP contribution < -0.4 is 0 Å². The van der Waals surface area contributed by atoms with E-state index in [1.54, 1.807) is 0 Å². The first kappa shape index (κ1) is 14.5. The second-order valence-corrected chi connectivity index (χ2v) is 11.8. The molecule has 0 amide bonds. The molecule has 1 aliphatic heterocycles. The minimum atomic E-state index is -0.199. The molecule has 1 aliphatic rings. The van der Waals surface area contributed by atoms with Crippen molar-refractivity contribution in [3.63, 3.8) is 0 Å². The molecule has 1 aromatic rings. The number of thioether (sulfide) groups is 1. The molecule has 1 saturated heterocycles. The first-order chi connectivity index (χ1) is 8.75. The molecule has 0 aromatic heterocycles. The summed E-state index contributed by atoms with van der Waals surface area (Å²) in [6.07, 6.45) is 0.346. The first-order valence-corrected chi connectivity index (χ1v) is 11.2. The molecule has 0 unspecified atom stereocenters. The monoisotopic (exact) mass is 314 g/mol. The van der Waals surface area contributed by atoms with Crippen molar-refractivity contribution in [1.29, 1.82) is 0 Å². The summed E-state index contributed by atoms with van der Waals surface area (Å²) in [7, 11) is 0. The Labute approximate surface area is 122 Å². The van der Waals surface area contributed by atoms with Gasteiger partial charge in [0, 0.05) is 30.0 Å². The highest BCUT2D eigenvalue weighted by molar-refractivity contribution is 8.90. The Hall–Kier alpha value is 0.110. The third-order valence-corrected chi connectivity index (χ3v) is 11.4. The molecule has 0 bridgehead atoms. The molecule has 1 aromatic carbocycles. The Morgan fingerprint density at radius 3 is 2.61 bits per heavy atom.